The lowest BCUT2D eigenvalue weighted by molar-refractivity contribution is 0.0696. The number of amides is 1. The number of carbonyl (C=O) groups is 2. The lowest BCUT2D eigenvalue weighted by atomic mass is 10.0. The quantitative estimate of drug-likeness (QED) is 0.791. The average molecular weight is 282 g/mol. The summed E-state index contributed by atoms with van der Waals surface area (Å²) in [7, 11) is 0. The Balaban J connectivity index is 1.93. The molecule has 2 aromatic carbocycles. The molecule has 0 spiro atoms. The highest BCUT2D eigenvalue weighted by molar-refractivity contribution is 6.02. The maximum atomic E-state index is 12.2. The molecular formula is C16H14N2O3. The van der Waals surface area contributed by atoms with Gasteiger partial charge in [0.05, 0.1) is 16.8 Å². The molecule has 2 aromatic rings. The maximum Gasteiger partial charge on any atom is 0.335 e. The molecule has 1 aliphatic rings. The first-order valence-corrected chi connectivity index (χ1v) is 6.56. The Labute approximate surface area is 121 Å². The molecule has 1 heterocycles. The number of rotatable bonds is 2. The fraction of sp³-hybridized carbons (Fsp3) is 0.125. The van der Waals surface area contributed by atoms with Crippen LogP contribution in [0.2, 0.25) is 0 Å². The molecule has 5 heteroatoms. The van der Waals surface area contributed by atoms with Crippen LogP contribution in [0.25, 0.3) is 0 Å². The van der Waals surface area contributed by atoms with Gasteiger partial charge in [-0.15, -0.1) is 0 Å². The van der Waals surface area contributed by atoms with Crippen LogP contribution in [0.15, 0.2) is 42.5 Å². The summed E-state index contributed by atoms with van der Waals surface area (Å²) < 4.78 is 0. The molecule has 0 fully saturated rings. The van der Waals surface area contributed by atoms with Gasteiger partial charge in [-0.1, -0.05) is 24.3 Å². The number of fused-ring (bicyclic) bond motifs is 1. The molecule has 1 aliphatic heterocycles. The minimum Gasteiger partial charge on any atom is -0.478 e. The van der Waals surface area contributed by atoms with E-state index < -0.39 is 5.97 Å². The van der Waals surface area contributed by atoms with Gasteiger partial charge in [0.2, 0.25) is 0 Å². The number of benzene rings is 2. The van der Waals surface area contributed by atoms with E-state index in [1.54, 1.807) is 18.2 Å². The van der Waals surface area contributed by atoms with E-state index in [4.69, 9.17) is 5.11 Å². The first-order chi connectivity index (χ1) is 10.1. The second-order valence-electron chi connectivity index (χ2n) is 4.98. The van der Waals surface area contributed by atoms with Crippen molar-refractivity contribution in [3.05, 3.63) is 64.7 Å². The monoisotopic (exact) mass is 282 g/mol. The zero-order chi connectivity index (χ0) is 15.0. The van der Waals surface area contributed by atoms with Crippen LogP contribution in [-0.4, -0.2) is 17.0 Å². The van der Waals surface area contributed by atoms with Crippen molar-refractivity contribution < 1.29 is 14.7 Å². The number of para-hydroxylation sites is 1. The van der Waals surface area contributed by atoms with Gasteiger partial charge in [-0.25, -0.2) is 4.79 Å². The highest BCUT2D eigenvalue weighted by atomic mass is 16.4. The van der Waals surface area contributed by atoms with Crippen molar-refractivity contribution in [2.24, 2.45) is 0 Å². The molecule has 0 aromatic heterocycles. The van der Waals surface area contributed by atoms with Crippen molar-refractivity contribution in [1.29, 1.82) is 0 Å². The summed E-state index contributed by atoms with van der Waals surface area (Å²) >= 11 is 0. The molecule has 0 bridgehead atoms. The second kappa shape index (κ2) is 4.94. The fourth-order valence-electron chi connectivity index (χ4n) is 2.42. The first kappa shape index (κ1) is 13.2. The summed E-state index contributed by atoms with van der Waals surface area (Å²) in [6.07, 6.45) is -0.367. The number of carboxylic acids is 1. The third-order valence-corrected chi connectivity index (χ3v) is 3.57. The molecule has 0 saturated heterocycles. The number of hydrogen-bond donors (Lipinski definition) is 3. The fourth-order valence-corrected chi connectivity index (χ4v) is 2.42. The zero-order valence-electron chi connectivity index (χ0n) is 11.4. The number of anilines is 1. The Morgan fingerprint density at radius 2 is 1.81 bits per heavy atom. The lowest BCUT2D eigenvalue weighted by Gasteiger charge is -2.29. The zero-order valence-corrected chi connectivity index (χ0v) is 11.4. The number of nitrogens with one attached hydrogen (secondary N) is 2. The van der Waals surface area contributed by atoms with Crippen molar-refractivity contribution in [2.75, 3.05) is 5.32 Å². The van der Waals surface area contributed by atoms with Crippen LogP contribution in [0, 0.1) is 6.92 Å². The summed E-state index contributed by atoms with van der Waals surface area (Å²) in [6, 6.07) is 12.0. The Morgan fingerprint density at radius 3 is 2.48 bits per heavy atom. The number of aromatic carboxylic acids is 1. The molecule has 1 atom stereocenters. The molecule has 0 aliphatic carbocycles. The van der Waals surface area contributed by atoms with E-state index in [0.717, 1.165) is 16.8 Å². The smallest absolute Gasteiger partial charge is 0.335 e. The third-order valence-electron chi connectivity index (χ3n) is 3.57. The number of carboxylic acid groups (broad SMARTS) is 1. The Bertz CT molecular complexity index is 723. The van der Waals surface area contributed by atoms with Gasteiger partial charge in [-0.05, 0) is 36.2 Å². The van der Waals surface area contributed by atoms with Crippen LogP contribution in [-0.2, 0) is 0 Å². The maximum absolute atomic E-state index is 12.2. The van der Waals surface area contributed by atoms with Crippen molar-refractivity contribution in [3.63, 3.8) is 0 Å². The van der Waals surface area contributed by atoms with Crippen molar-refractivity contribution in [2.45, 2.75) is 13.1 Å². The lowest BCUT2D eigenvalue weighted by Crippen LogP contribution is -2.38. The summed E-state index contributed by atoms with van der Waals surface area (Å²) in [6.45, 7) is 1.94. The van der Waals surface area contributed by atoms with Gasteiger partial charge in [0.15, 0.2) is 0 Å². The highest BCUT2D eigenvalue weighted by Gasteiger charge is 2.25. The van der Waals surface area contributed by atoms with Gasteiger partial charge in [0, 0.05) is 0 Å². The van der Waals surface area contributed by atoms with Crippen LogP contribution in [0.5, 0.6) is 0 Å². The summed E-state index contributed by atoms with van der Waals surface area (Å²) in [5, 5.41) is 15.1. The van der Waals surface area contributed by atoms with Gasteiger partial charge in [0.25, 0.3) is 5.91 Å². The summed E-state index contributed by atoms with van der Waals surface area (Å²) in [5.41, 5.74) is 3.45. The van der Waals surface area contributed by atoms with Crippen LogP contribution in [0.1, 0.15) is 38.0 Å². The predicted molar refractivity (Wildman–Crippen MR) is 78.4 cm³/mol. The molecule has 21 heavy (non-hydrogen) atoms. The third kappa shape index (κ3) is 2.33. The molecule has 1 unspecified atom stereocenters. The summed E-state index contributed by atoms with van der Waals surface area (Å²) in [4.78, 5) is 23.0. The van der Waals surface area contributed by atoms with E-state index in [1.807, 2.05) is 19.1 Å². The number of aryl methyl sites for hydroxylation is 1. The van der Waals surface area contributed by atoms with E-state index in [1.165, 1.54) is 12.1 Å². The highest BCUT2D eigenvalue weighted by Crippen LogP contribution is 2.29. The van der Waals surface area contributed by atoms with Gasteiger partial charge in [0.1, 0.15) is 6.17 Å². The van der Waals surface area contributed by atoms with Crippen molar-refractivity contribution in [3.8, 4) is 0 Å². The SMILES string of the molecule is Cc1cccc2c1NC(c1ccc(C(=O)O)cc1)NC2=O. The molecule has 0 radical (unpaired) electrons. The molecule has 1 amide bonds. The Kier molecular flexibility index (Phi) is 3.10. The number of hydrogen-bond acceptors (Lipinski definition) is 3. The second-order valence-corrected chi connectivity index (χ2v) is 4.98. The van der Waals surface area contributed by atoms with Gasteiger partial charge >= 0.3 is 5.97 Å². The van der Waals surface area contributed by atoms with Crippen molar-refractivity contribution in [1.82, 2.24) is 5.32 Å². The predicted octanol–water partition coefficient (Wildman–Crippen LogP) is 2.55. The van der Waals surface area contributed by atoms with E-state index in [2.05, 4.69) is 10.6 Å². The van der Waals surface area contributed by atoms with E-state index in [9.17, 15) is 9.59 Å². The Hall–Kier alpha value is -2.82. The largest absolute Gasteiger partial charge is 0.478 e. The van der Waals surface area contributed by atoms with Crippen molar-refractivity contribution >= 4 is 17.6 Å². The van der Waals surface area contributed by atoms with E-state index in [0.29, 0.717) is 5.56 Å². The molecule has 106 valence electrons. The standard InChI is InChI=1S/C16H14N2O3/c1-9-3-2-4-12-13(9)17-14(18-15(12)19)10-5-7-11(8-6-10)16(20)21/h2-8,14,17H,1H3,(H,18,19)(H,20,21). The number of carbonyl (C=O) groups excluding carboxylic acids is 1. The van der Waals surface area contributed by atoms with Gasteiger partial charge in [-0.3, -0.25) is 4.79 Å². The molecular weight excluding hydrogens is 268 g/mol. The molecule has 0 saturated carbocycles. The van der Waals surface area contributed by atoms with Gasteiger partial charge in [-0.2, -0.15) is 0 Å². The minimum absolute atomic E-state index is 0.139. The molecule has 3 N–H and O–H groups in total. The summed E-state index contributed by atoms with van der Waals surface area (Å²) in [5.74, 6) is -1.11. The minimum atomic E-state index is -0.969. The van der Waals surface area contributed by atoms with Crippen LogP contribution in [0.3, 0.4) is 0 Å². The topological polar surface area (TPSA) is 78.4 Å². The van der Waals surface area contributed by atoms with E-state index in [-0.39, 0.29) is 17.6 Å². The Morgan fingerprint density at radius 1 is 1.10 bits per heavy atom. The average Bonchev–Trinajstić information content (AvgIpc) is 2.48. The molecule has 3 rings (SSSR count). The van der Waals surface area contributed by atoms with Crippen LogP contribution in [0.4, 0.5) is 5.69 Å². The van der Waals surface area contributed by atoms with Crippen LogP contribution >= 0.6 is 0 Å². The van der Waals surface area contributed by atoms with Crippen LogP contribution < -0.4 is 10.6 Å². The van der Waals surface area contributed by atoms with Gasteiger partial charge < -0.3 is 15.7 Å². The molecule has 5 nitrogen and oxygen atoms in total. The van der Waals surface area contributed by atoms with E-state index >= 15 is 0 Å². The first-order valence-electron chi connectivity index (χ1n) is 6.56. The normalized spacial score (nSPS) is 16.6.